The van der Waals surface area contributed by atoms with Crippen LogP contribution in [0.4, 0.5) is 15.8 Å². The van der Waals surface area contributed by atoms with Crippen LogP contribution in [0.5, 0.6) is 11.5 Å². The summed E-state index contributed by atoms with van der Waals surface area (Å²) in [5.74, 6) is -0.649. The smallest absolute Gasteiger partial charge is 0.346 e. The van der Waals surface area contributed by atoms with Crippen molar-refractivity contribution < 1.29 is 14.1 Å². The molecule has 2 aromatic carbocycles. The highest BCUT2D eigenvalue weighted by molar-refractivity contribution is 5.51. The first-order valence-electron chi connectivity index (χ1n) is 5.50. The largest absolute Gasteiger partial charge is 0.450 e. The van der Waals surface area contributed by atoms with Crippen molar-refractivity contribution in [3.8, 4) is 11.5 Å². The molecule has 2 rings (SSSR count). The molecule has 0 amide bonds. The monoisotopic (exact) mass is 262 g/mol. The number of anilines is 1. The predicted octanol–water partition coefficient (Wildman–Crippen LogP) is 3.57. The molecule has 0 aliphatic carbocycles. The average Bonchev–Trinajstić information content (AvgIpc) is 2.39. The first-order valence-corrected chi connectivity index (χ1v) is 5.50. The normalized spacial score (nSPS) is 10.0. The van der Waals surface area contributed by atoms with E-state index < -0.39 is 16.4 Å². The summed E-state index contributed by atoms with van der Waals surface area (Å²) in [6.07, 6.45) is 0. The number of ether oxygens (including phenoxy) is 1. The third-order valence-corrected chi connectivity index (χ3v) is 2.50. The van der Waals surface area contributed by atoms with E-state index in [-0.39, 0.29) is 5.75 Å². The lowest BCUT2D eigenvalue weighted by atomic mass is 10.2. The van der Waals surface area contributed by atoms with Gasteiger partial charge in [-0.05, 0) is 36.4 Å². The number of para-hydroxylation sites is 1. The van der Waals surface area contributed by atoms with Crippen LogP contribution in [0, 0.1) is 15.9 Å². The summed E-state index contributed by atoms with van der Waals surface area (Å²) in [7, 11) is 1.77. The van der Waals surface area contributed by atoms with Gasteiger partial charge in [0, 0.05) is 12.7 Å². The predicted molar refractivity (Wildman–Crippen MR) is 69.1 cm³/mol. The lowest BCUT2D eigenvalue weighted by molar-refractivity contribution is -0.388. The standard InChI is InChI=1S/C13H11FN2O3/c1-15-9-5-7-10(8-6-9)19-12-4-2-3-11(14)13(12)16(17)18/h2-8,15H,1H3. The minimum atomic E-state index is -0.922. The number of nitro benzene ring substituents is 1. The van der Waals surface area contributed by atoms with Crippen molar-refractivity contribution >= 4 is 11.4 Å². The van der Waals surface area contributed by atoms with Gasteiger partial charge in [-0.3, -0.25) is 10.1 Å². The number of benzene rings is 2. The van der Waals surface area contributed by atoms with Crippen LogP contribution in [0.15, 0.2) is 42.5 Å². The summed E-state index contributed by atoms with van der Waals surface area (Å²) in [4.78, 5) is 10.0. The van der Waals surface area contributed by atoms with Gasteiger partial charge < -0.3 is 10.1 Å². The zero-order valence-corrected chi connectivity index (χ0v) is 10.1. The van der Waals surface area contributed by atoms with Crippen molar-refractivity contribution in [3.63, 3.8) is 0 Å². The quantitative estimate of drug-likeness (QED) is 0.675. The van der Waals surface area contributed by atoms with Gasteiger partial charge in [0.1, 0.15) is 5.75 Å². The second-order valence-corrected chi connectivity index (χ2v) is 3.72. The van der Waals surface area contributed by atoms with Crippen molar-refractivity contribution in [3.05, 3.63) is 58.4 Å². The lowest BCUT2D eigenvalue weighted by Crippen LogP contribution is -1.96. The Labute approximate surface area is 108 Å². The molecule has 5 nitrogen and oxygen atoms in total. The SMILES string of the molecule is CNc1ccc(Oc2cccc(F)c2[N+](=O)[O-])cc1. The van der Waals surface area contributed by atoms with E-state index in [1.54, 1.807) is 31.3 Å². The van der Waals surface area contributed by atoms with Gasteiger partial charge in [-0.25, -0.2) is 0 Å². The minimum absolute atomic E-state index is 0.123. The highest BCUT2D eigenvalue weighted by Crippen LogP contribution is 2.33. The number of nitrogens with zero attached hydrogens (tertiary/aromatic N) is 1. The summed E-state index contributed by atoms with van der Waals surface area (Å²) in [6, 6.07) is 10.5. The summed E-state index contributed by atoms with van der Waals surface area (Å²) >= 11 is 0. The molecule has 0 saturated heterocycles. The molecule has 0 saturated carbocycles. The van der Waals surface area contributed by atoms with Gasteiger partial charge >= 0.3 is 5.69 Å². The van der Waals surface area contributed by atoms with Crippen LogP contribution < -0.4 is 10.1 Å². The molecule has 0 heterocycles. The van der Waals surface area contributed by atoms with Gasteiger partial charge in [-0.1, -0.05) is 6.07 Å². The molecule has 19 heavy (non-hydrogen) atoms. The molecule has 2 aromatic rings. The Balaban J connectivity index is 2.32. The molecule has 0 aliphatic rings. The molecule has 1 N–H and O–H groups in total. The van der Waals surface area contributed by atoms with E-state index in [1.165, 1.54) is 12.1 Å². The van der Waals surface area contributed by atoms with Crippen LogP contribution in [-0.4, -0.2) is 12.0 Å². The van der Waals surface area contributed by atoms with Crippen LogP contribution in [0.25, 0.3) is 0 Å². The number of hydrogen-bond acceptors (Lipinski definition) is 4. The van der Waals surface area contributed by atoms with Crippen LogP contribution in [0.1, 0.15) is 0 Å². The highest BCUT2D eigenvalue weighted by Gasteiger charge is 2.21. The maximum absolute atomic E-state index is 13.4. The van der Waals surface area contributed by atoms with Crippen LogP contribution in [-0.2, 0) is 0 Å². The molecule has 0 atom stereocenters. The summed E-state index contributed by atoms with van der Waals surface area (Å²) in [5, 5.41) is 13.7. The fourth-order valence-electron chi connectivity index (χ4n) is 1.57. The van der Waals surface area contributed by atoms with Gasteiger partial charge in [0.05, 0.1) is 4.92 Å². The Hall–Kier alpha value is -2.63. The zero-order valence-electron chi connectivity index (χ0n) is 10.1. The summed E-state index contributed by atoms with van der Waals surface area (Å²) in [6.45, 7) is 0. The number of nitrogens with one attached hydrogen (secondary N) is 1. The molecular formula is C13H11FN2O3. The van der Waals surface area contributed by atoms with Crippen LogP contribution in [0.2, 0.25) is 0 Å². The molecule has 0 aliphatic heterocycles. The van der Waals surface area contributed by atoms with Crippen molar-refractivity contribution in [1.82, 2.24) is 0 Å². The Bertz CT molecular complexity index is 599. The van der Waals surface area contributed by atoms with E-state index >= 15 is 0 Å². The fraction of sp³-hybridized carbons (Fsp3) is 0.0769. The average molecular weight is 262 g/mol. The van der Waals surface area contributed by atoms with E-state index in [2.05, 4.69) is 5.32 Å². The Morgan fingerprint density at radius 3 is 2.47 bits per heavy atom. The number of rotatable bonds is 4. The maximum atomic E-state index is 13.4. The Morgan fingerprint density at radius 2 is 1.89 bits per heavy atom. The first kappa shape index (κ1) is 12.8. The summed E-state index contributed by atoms with van der Waals surface area (Å²) in [5.41, 5.74) is 0.210. The number of nitro groups is 1. The minimum Gasteiger partial charge on any atom is -0.450 e. The number of halogens is 1. The Kier molecular flexibility index (Phi) is 3.61. The second-order valence-electron chi connectivity index (χ2n) is 3.72. The lowest BCUT2D eigenvalue weighted by Gasteiger charge is -2.07. The molecule has 0 fully saturated rings. The van der Waals surface area contributed by atoms with Gasteiger partial charge in [0.15, 0.2) is 0 Å². The van der Waals surface area contributed by atoms with Crippen molar-refractivity contribution in [2.24, 2.45) is 0 Å². The molecule has 0 bridgehead atoms. The van der Waals surface area contributed by atoms with E-state index in [0.29, 0.717) is 5.75 Å². The Morgan fingerprint density at radius 1 is 1.21 bits per heavy atom. The zero-order chi connectivity index (χ0) is 13.8. The van der Waals surface area contributed by atoms with E-state index in [9.17, 15) is 14.5 Å². The van der Waals surface area contributed by atoms with Gasteiger partial charge in [0.2, 0.25) is 11.6 Å². The first-order chi connectivity index (χ1) is 9.11. The van der Waals surface area contributed by atoms with E-state index in [1.807, 2.05) is 0 Å². The van der Waals surface area contributed by atoms with E-state index in [0.717, 1.165) is 11.8 Å². The molecule has 6 heteroatoms. The van der Waals surface area contributed by atoms with Gasteiger partial charge in [-0.2, -0.15) is 4.39 Å². The molecule has 0 radical (unpaired) electrons. The van der Waals surface area contributed by atoms with Crippen molar-refractivity contribution in [2.45, 2.75) is 0 Å². The molecule has 0 unspecified atom stereocenters. The van der Waals surface area contributed by atoms with Crippen LogP contribution in [0.3, 0.4) is 0 Å². The third-order valence-electron chi connectivity index (χ3n) is 2.50. The molecule has 0 spiro atoms. The number of hydrogen-bond donors (Lipinski definition) is 1. The summed E-state index contributed by atoms with van der Waals surface area (Å²) < 4.78 is 18.7. The maximum Gasteiger partial charge on any atom is 0.346 e. The van der Waals surface area contributed by atoms with Crippen molar-refractivity contribution in [2.75, 3.05) is 12.4 Å². The molecule has 98 valence electrons. The fourth-order valence-corrected chi connectivity index (χ4v) is 1.57. The van der Waals surface area contributed by atoms with Crippen molar-refractivity contribution in [1.29, 1.82) is 0 Å². The van der Waals surface area contributed by atoms with E-state index in [4.69, 9.17) is 4.74 Å². The molecule has 0 aromatic heterocycles. The molecular weight excluding hydrogens is 251 g/mol. The van der Waals surface area contributed by atoms with Crippen LogP contribution >= 0.6 is 0 Å². The highest BCUT2D eigenvalue weighted by atomic mass is 19.1. The van der Waals surface area contributed by atoms with Gasteiger partial charge in [0.25, 0.3) is 0 Å². The third kappa shape index (κ3) is 2.79. The van der Waals surface area contributed by atoms with Gasteiger partial charge in [-0.15, -0.1) is 0 Å². The second kappa shape index (κ2) is 5.34. The topological polar surface area (TPSA) is 64.4 Å².